The van der Waals surface area contributed by atoms with Crippen LogP contribution in [0.3, 0.4) is 0 Å². The van der Waals surface area contributed by atoms with Gasteiger partial charge in [0.05, 0.1) is 24.6 Å². The van der Waals surface area contributed by atoms with Crippen LogP contribution in [0.15, 0.2) is 53.4 Å². The van der Waals surface area contributed by atoms with Crippen LogP contribution in [0.5, 0.6) is 5.88 Å². The first-order valence-electron chi connectivity index (χ1n) is 12.3. The molecule has 1 aliphatic heterocycles. The summed E-state index contributed by atoms with van der Waals surface area (Å²) in [7, 11) is 1.56. The summed E-state index contributed by atoms with van der Waals surface area (Å²) in [5.41, 5.74) is 2.61. The summed E-state index contributed by atoms with van der Waals surface area (Å²) < 4.78 is 18.7. The second-order valence-corrected chi connectivity index (χ2v) is 10.6. The molecule has 3 aromatic rings. The summed E-state index contributed by atoms with van der Waals surface area (Å²) in [6, 6.07) is 14.2. The normalized spacial score (nSPS) is 19.3. The topological polar surface area (TPSA) is 82.9 Å². The Bertz CT molecular complexity index is 1210. The number of carboxylic acid groups (broad SMARTS) is 1. The van der Waals surface area contributed by atoms with Gasteiger partial charge in [0, 0.05) is 35.2 Å². The van der Waals surface area contributed by atoms with E-state index in [4.69, 9.17) is 4.74 Å². The predicted octanol–water partition coefficient (Wildman–Crippen LogP) is 5.32. The number of hydrogen-bond donors (Lipinski definition) is 2. The van der Waals surface area contributed by atoms with Crippen LogP contribution in [-0.2, 0) is 4.79 Å². The standard InChI is InChI=1S/C28H33FN2O4S/c1-18-6-8-25-22(14-18)23(16-27(30-25)35-2)26(32)9-7-19-10-11-31(17-24(19)28(33)34)12-13-36-21-5-3-4-20(29)15-21/h3-6,8,14-16,19,24,26,32H,7,9-13,17H2,1-2H3,(H,33,34)/t19-,24+,26?/m1/s1. The first kappa shape index (κ1) is 26.4. The highest BCUT2D eigenvalue weighted by Gasteiger charge is 2.34. The van der Waals surface area contributed by atoms with E-state index in [1.54, 1.807) is 31.0 Å². The van der Waals surface area contributed by atoms with Crippen LogP contribution < -0.4 is 4.74 Å². The highest BCUT2D eigenvalue weighted by molar-refractivity contribution is 7.99. The molecule has 4 rings (SSSR count). The Kier molecular flexibility index (Phi) is 8.82. The fourth-order valence-corrected chi connectivity index (χ4v) is 5.95. The van der Waals surface area contributed by atoms with Crippen molar-refractivity contribution in [3.05, 3.63) is 65.5 Å². The number of piperidine rings is 1. The average molecular weight is 513 g/mol. The SMILES string of the molecule is COc1cc(C(O)CC[C@@H]2CCN(CCSc3cccc(F)c3)C[C@@H]2C(=O)O)c2cc(C)ccc2n1. The Morgan fingerprint density at radius 2 is 2.11 bits per heavy atom. The molecular weight excluding hydrogens is 479 g/mol. The zero-order valence-corrected chi connectivity index (χ0v) is 21.5. The number of fused-ring (bicyclic) bond motifs is 1. The molecule has 2 N–H and O–H groups in total. The maximum absolute atomic E-state index is 13.4. The minimum absolute atomic E-state index is 0.000931. The molecule has 1 saturated heterocycles. The Balaban J connectivity index is 1.36. The molecular formula is C28H33FN2O4S. The number of carbonyl (C=O) groups is 1. The van der Waals surface area contributed by atoms with E-state index < -0.39 is 18.0 Å². The van der Waals surface area contributed by atoms with Crippen molar-refractivity contribution in [2.45, 2.75) is 37.2 Å². The molecule has 1 unspecified atom stereocenters. The highest BCUT2D eigenvalue weighted by atomic mass is 32.2. The van der Waals surface area contributed by atoms with Crippen molar-refractivity contribution in [1.29, 1.82) is 0 Å². The lowest BCUT2D eigenvalue weighted by molar-refractivity contribution is -0.146. The Morgan fingerprint density at radius 3 is 2.86 bits per heavy atom. The number of aromatic nitrogens is 1. The van der Waals surface area contributed by atoms with Crippen molar-refractivity contribution in [1.82, 2.24) is 9.88 Å². The minimum Gasteiger partial charge on any atom is -0.481 e. The summed E-state index contributed by atoms with van der Waals surface area (Å²) in [5, 5.41) is 21.9. The number of benzene rings is 2. The van der Waals surface area contributed by atoms with Gasteiger partial charge in [-0.15, -0.1) is 11.8 Å². The number of nitrogens with zero attached hydrogens (tertiary/aromatic N) is 2. The van der Waals surface area contributed by atoms with E-state index in [0.717, 1.165) is 52.2 Å². The van der Waals surface area contributed by atoms with Crippen molar-refractivity contribution in [2.75, 3.05) is 32.5 Å². The van der Waals surface area contributed by atoms with E-state index >= 15 is 0 Å². The second-order valence-electron chi connectivity index (χ2n) is 9.47. The lowest BCUT2D eigenvalue weighted by Crippen LogP contribution is -2.44. The van der Waals surface area contributed by atoms with Gasteiger partial charge in [0.15, 0.2) is 0 Å². The van der Waals surface area contributed by atoms with Crippen LogP contribution in [0.2, 0.25) is 0 Å². The van der Waals surface area contributed by atoms with Crippen molar-refractivity contribution < 1.29 is 24.1 Å². The molecule has 8 heteroatoms. The van der Waals surface area contributed by atoms with Gasteiger partial charge in [0.1, 0.15) is 5.82 Å². The highest BCUT2D eigenvalue weighted by Crippen LogP contribution is 2.34. The van der Waals surface area contributed by atoms with Crippen molar-refractivity contribution in [3.63, 3.8) is 0 Å². The number of likely N-dealkylation sites (tertiary alicyclic amines) is 1. The van der Waals surface area contributed by atoms with Gasteiger partial charge in [-0.1, -0.05) is 17.7 Å². The molecule has 0 saturated carbocycles. The van der Waals surface area contributed by atoms with Gasteiger partial charge < -0.3 is 19.8 Å². The van der Waals surface area contributed by atoms with E-state index in [-0.39, 0.29) is 11.7 Å². The molecule has 0 aliphatic carbocycles. The molecule has 3 atom stereocenters. The third kappa shape index (κ3) is 6.55. The van der Waals surface area contributed by atoms with Gasteiger partial charge in [0.25, 0.3) is 0 Å². The molecule has 1 aliphatic rings. The Morgan fingerprint density at radius 1 is 1.28 bits per heavy atom. The first-order valence-corrected chi connectivity index (χ1v) is 13.3. The minimum atomic E-state index is -0.788. The van der Waals surface area contributed by atoms with Crippen molar-refractivity contribution in [2.24, 2.45) is 11.8 Å². The third-order valence-electron chi connectivity index (χ3n) is 6.98. The molecule has 36 heavy (non-hydrogen) atoms. The number of pyridine rings is 1. The Hall–Kier alpha value is -2.68. The second kappa shape index (κ2) is 12.0. The van der Waals surface area contributed by atoms with Gasteiger partial charge in [-0.3, -0.25) is 4.79 Å². The quantitative estimate of drug-likeness (QED) is 0.356. The van der Waals surface area contributed by atoms with E-state index in [2.05, 4.69) is 9.88 Å². The van der Waals surface area contributed by atoms with Crippen LogP contribution in [0.1, 0.15) is 36.5 Å². The molecule has 1 fully saturated rings. The maximum Gasteiger partial charge on any atom is 0.308 e. The average Bonchev–Trinajstić information content (AvgIpc) is 2.87. The molecule has 2 aromatic carbocycles. The zero-order chi connectivity index (χ0) is 25.7. The van der Waals surface area contributed by atoms with Crippen LogP contribution >= 0.6 is 11.8 Å². The summed E-state index contributed by atoms with van der Waals surface area (Å²) in [6.45, 7) is 4.06. The molecule has 192 valence electrons. The lowest BCUT2D eigenvalue weighted by atomic mass is 9.81. The van der Waals surface area contributed by atoms with E-state index in [1.165, 1.54) is 12.1 Å². The molecule has 2 heterocycles. The number of aliphatic hydroxyl groups excluding tert-OH is 1. The first-order chi connectivity index (χ1) is 17.3. The molecule has 0 amide bonds. The number of hydrogen-bond acceptors (Lipinski definition) is 6. The fourth-order valence-electron chi connectivity index (χ4n) is 4.99. The number of ether oxygens (including phenoxy) is 1. The molecule has 0 bridgehead atoms. The smallest absolute Gasteiger partial charge is 0.308 e. The number of halogens is 1. The number of thioether (sulfide) groups is 1. The van der Waals surface area contributed by atoms with Gasteiger partial charge in [-0.25, -0.2) is 9.37 Å². The van der Waals surface area contributed by atoms with Gasteiger partial charge in [-0.2, -0.15) is 0 Å². The van der Waals surface area contributed by atoms with Crippen LogP contribution in [0.25, 0.3) is 10.9 Å². The maximum atomic E-state index is 13.4. The number of aliphatic hydroxyl groups is 1. The van der Waals surface area contributed by atoms with Gasteiger partial charge in [-0.05, 0) is 74.5 Å². The molecule has 6 nitrogen and oxygen atoms in total. The van der Waals surface area contributed by atoms with Crippen LogP contribution in [0.4, 0.5) is 4.39 Å². The van der Waals surface area contributed by atoms with Crippen LogP contribution in [0, 0.1) is 24.6 Å². The monoisotopic (exact) mass is 512 g/mol. The van der Waals surface area contributed by atoms with Crippen molar-refractivity contribution >= 4 is 28.6 Å². The van der Waals surface area contributed by atoms with E-state index in [1.807, 2.05) is 31.2 Å². The summed E-state index contributed by atoms with van der Waals surface area (Å²) in [5.74, 6) is -0.286. The Labute approximate surface area is 215 Å². The van der Waals surface area contributed by atoms with E-state index in [0.29, 0.717) is 25.3 Å². The molecule has 1 aromatic heterocycles. The third-order valence-corrected chi connectivity index (χ3v) is 7.96. The van der Waals surface area contributed by atoms with Gasteiger partial charge >= 0.3 is 5.97 Å². The predicted molar refractivity (Wildman–Crippen MR) is 140 cm³/mol. The van der Waals surface area contributed by atoms with E-state index in [9.17, 15) is 19.4 Å². The number of aliphatic carboxylic acids is 1. The van der Waals surface area contributed by atoms with Crippen LogP contribution in [-0.4, -0.2) is 58.6 Å². The molecule has 0 radical (unpaired) electrons. The number of carboxylic acids is 1. The number of methoxy groups -OCH3 is 1. The fraction of sp³-hybridized carbons (Fsp3) is 0.429. The van der Waals surface area contributed by atoms with Crippen molar-refractivity contribution in [3.8, 4) is 5.88 Å². The summed E-state index contributed by atoms with van der Waals surface area (Å²) in [4.78, 5) is 19.6. The summed E-state index contributed by atoms with van der Waals surface area (Å²) in [6.07, 6.45) is 1.14. The zero-order valence-electron chi connectivity index (χ0n) is 20.7. The lowest BCUT2D eigenvalue weighted by Gasteiger charge is -2.37. The largest absolute Gasteiger partial charge is 0.481 e. The number of rotatable bonds is 10. The van der Waals surface area contributed by atoms with Gasteiger partial charge in [0.2, 0.25) is 5.88 Å². The molecule has 0 spiro atoms. The summed E-state index contributed by atoms with van der Waals surface area (Å²) >= 11 is 1.58. The number of aryl methyl sites for hydroxylation is 1.